The van der Waals surface area contributed by atoms with Crippen LogP contribution >= 0.6 is 0 Å². The maximum absolute atomic E-state index is 9.26. The number of aromatic hydroxyl groups is 1. The summed E-state index contributed by atoms with van der Waals surface area (Å²) in [6.07, 6.45) is 7.02. The zero-order chi connectivity index (χ0) is 12.3. The largest absolute Gasteiger partial charge is 0.508 e. The van der Waals surface area contributed by atoms with Crippen molar-refractivity contribution in [2.45, 2.75) is 51.0 Å². The van der Waals surface area contributed by atoms with Crippen LogP contribution in [0, 0.1) is 5.92 Å². The van der Waals surface area contributed by atoms with Crippen LogP contribution in [0.3, 0.4) is 0 Å². The zero-order valence-corrected chi connectivity index (χ0v) is 10.7. The van der Waals surface area contributed by atoms with E-state index in [4.69, 9.17) is 5.73 Å². The number of phenolic OH excluding ortho intramolecular Hbond substituents is 1. The van der Waals surface area contributed by atoms with Crippen molar-refractivity contribution in [2.24, 2.45) is 11.7 Å². The molecule has 0 radical (unpaired) electrons. The van der Waals surface area contributed by atoms with E-state index in [2.05, 4.69) is 6.92 Å². The van der Waals surface area contributed by atoms with E-state index in [9.17, 15) is 5.11 Å². The second kappa shape index (κ2) is 5.09. The Kier molecular flexibility index (Phi) is 3.72. The van der Waals surface area contributed by atoms with E-state index < -0.39 is 0 Å². The van der Waals surface area contributed by atoms with Crippen molar-refractivity contribution < 1.29 is 5.11 Å². The Hall–Kier alpha value is -1.02. The van der Waals surface area contributed by atoms with Gasteiger partial charge < -0.3 is 10.8 Å². The summed E-state index contributed by atoms with van der Waals surface area (Å²) < 4.78 is 0. The predicted octanol–water partition coefficient (Wildman–Crippen LogP) is 3.23. The average Bonchev–Trinajstić information content (AvgIpc) is 2.33. The minimum absolute atomic E-state index is 0.0252. The fourth-order valence-corrected chi connectivity index (χ4v) is 2.86. The van der Waals surface area contributed by atoms with E-state index >= 15 is 0 Å². The highest BCUT2D eigenvalue weighted by atomic mass is 16.3. The van der Waals surface area contributed by atoms with Gasteiger partial charge in [0.15, 0.2) is 0 Å². The minimum Gasteiger partial charge on any atom is -0.508 e. The number of hydrogen-bond donors (Lipinski definition) is 2. The summed E-state index contributed by atoms with van der Waals surface area (Å²) in [5.74, 6) is 1.21. The van der Waals surface area contributed by atoms with Crippen LogP contribution in [0.25, 0.3) is 0 Å². The number of phenols is 1. The Balaban J connectivity index is 1.96. The zero-order valence-electron chi connectivity index (χ0n) is 10.7. The van der Waals surface area contributed by atoms with Gasteiger partial charge >= 0.3 is 0 Å². The standard InChI is InChI=1S/C15H23NO/c1-2-12-7-9-15(16,10-8-12)11-13-3-5-14(17)6-4-13/h3-6,12,17H,2,7-11,16H2,1H3. The van der Waals surface area contributed by atoms with Gasteiger partial charge in [0.05, 0.1) is 0 Å². The summed E-state index contributed by atoms with van der Waals surface area (Å²) in [7, 11) is 0. The molecule has 1 aromatic carbocycles. The van der Waals surface area contributed by atoms with Crippen LogP contribution in [-0.4, -0.2) is 10.6 Å². The molecule has 1 fully saturated rings. The lowest BCUT2D eigenvalue weighted by atomic mass is 9.73. The summed E-state index contributed by atoms with van der Waals surface area (Å²) in [6.45, 7) is 2.27. The molecule has 0 saturated heterocycles. The number of benzene rings is 1. The Morgan fingerprint density at radius 1 is 1.24 bits per heavy atom. The van der Waals surface area contributed by atoms with Gasteiger partial charge in [-0.3, -0.25) is 0 Å². The van der Waals surface area contributed by atoms with Gasteiger partial charge in [-0.05, 0) is 55.7 Å². The second-order valence-electron chi connectivity index (χ2n) is 5.56. The SMILES string of the molecule is CCC1CCC(N)(Cc2ccc(O)cc2)CC1. The third-order valence-corrected chi connectivity index (χ3v) is 4.17. The normalized spacial score (nSPS) is 29.2. The molecule has 1 aromatic rings. The summed E-state index contributed by atoms with van der Waals surface area (Å²) >= 11 is 0. The first kappa shape index (κ1) is 12.4. The van der Waals surface area contributed by atoms with Crippen LogP contribution in [0.4, 0.5) is 0 Å². The molecule has 2 nitrogen and oxygen atoms in total. The van der Waals surface area contributed by atoms with Crippen molar-refractivity contribution in [1.29, 1.82) is 0 Å². The predicted molar refractivity (Wildman–Crippen MR) is 71.0 cm³/mol. The van der Waals surface area contributed by atoms with Crippen LogP contribution in [0.15, 0.2) is 24.3 Å². The Labute approximate surface area is 104 Å². The van der Waals surface area contributed by atoms with Crippen molar-refractivity contribution in [2.75, 3.05) is 0 Å². The summed E-state index contributed by atoms with van der Waals surface area (Å²) in [4.78, 5) is 0. The average molecular weight is 233 g/mol. The van der Waals surface area contributed by atoms with Gasteiger partial charge in [0.1, 0.15) is 5.75 Å². The lowest BCUT2D eigenvalue weighted by molar-refractivity contribution is 0.228. The molecule has 0 aliphatic heterocycles. The molecular formula is C15H23NO. The molecule has 0 bridgehead atoms. The van der Waals surface area contributed by atoms with Gasteiger partial charge in [0, 0.05) is 5.54 Å². The van der Waals surface area contributed by atoms with Crippen LogP contribution in [0.1, 0.15) is 44.6 Å². The molecular weight excluding hydrogens is 210 g/mol. The van der Waals surface area contributed by atoms with Crippen molar-refractivity contribution in [3.05, 3.63) is 29.8 Å². The fraction of sp³-hybridized carbons (Fsp3) is 0.600. The number of hydrogen-bond acceptors (Lipinski definition) is 2. The molecule has 1 aliphatic carbocycles. The molecule has 0 heterocycles. The molecule has 0 spiro atoms. The van der Waals surface area contributed by atoms with Crippen molar-refractivity contribution in [1.82, 2.24) is 0 Å². The highest BCUT2D eigenvalue weighted by Gasteiger charge is 2.30. The smallest absolute Gasteiger partial charge is 0.115 e. The van der Waals surface area contributed by atoms with Gasteiger partial charge in [0.2, 0.25) is 0 Å². The maximum Gasteiger partial charge on any atom is 0.115 e. The fourth-order valence-electron chi connectivity index (χ4n) is 2.86. The van der Waals surface area contributed by atoms with E-state index in [1.165, 1.54) is 24.8 Å². The molecule has 94 valence electrons. The van der Waals surface area contributed by atoms with E-state index in [-0.39, 0.29) is 5.54 Å². The van der Waals surface area contributed by atoms with Gasteiger partial charge in [0.25, 0.3) is 0 Å². The summed E-state index contributed by atoms with van der Waals surface area (Å²) in [6, 6.07) is 7.46. The molecule has 0 unspecified atom stereocenters. The lowest BCUT2D eigenvalue weighted by Crippen LogP contribution is -2.45. The van der Waals surface area contributed by atoms with Gasteiger partial charge in [-0.25, -0.2) is 0 Å². The maximum atomic E-state index is 9.26. The highest BCUT2D eigenvalue weighted by molar-refractivity contribution is 5.27. The van der Waals surface area contributed by atoms with Crippen molar-refractivity contribution in [3.8, 4) is 5.75 Å². The van der Waals surface area contributed by atoms with E-state index in [0.29, 0.717) is 5.75 Å². The third kappa shape index (κ3) is 3.22. The lowest BCUT2D eigenvalue weighted by Gasteiger charge is -2.37. The van der Waals surface area contributed by atoms with Crippen LogP contribution in [0.2, 0.25) is 0 Å². The molecule has 2 rings (SSSR count). The Morgan fingerprint density at radius 2 is 1.82 bits per heavy atom. The van der Waals surface area contributed by atoms with E-state index in [0.717, 1.165) is 25.2 Å². The second-order valence-corrected chi connectivity index (χ2v) is 5.56. The summed E-state index contributed by atoms with van der Waals surface area (Å²) in [5.41, 5.74) is 7.69. The summed E-state index contributed by atoms with van der Waals surface area (Å²) in [5, 5.41) is 9.26. The number of nitrogens with two attached hydrogens (primary N) is 1. The first-order chi connectivity index (χ1) is 8.11. The molecule has 0 amide bonds. The first-order valence-electron chi connectivity index (χ1n) is 6.68. The van der Waals surface area contributed by atoms with Crippen molar-refractivity contribution in [3.63, 3.8) is 0 Å². The van der Waals surface area contributed by atoms with Crippen LogP contribution < -0.4 is 5.73 Å². The minimum atomic E-state index is -0.0252. The van der Waals surface area contributed by atoms with Crippen molar-refractivity contribution >= 4 is 0 Å². The van der Waals surface area contributed by atoms with E-state index in [1.54, 1.807) is 12.1 Å². The molecule has 0 aromatic heterocycles. The van der Waals surface area contributed by atoms with Crippen LogP contribution in [0.5, 0.6) is 5.75 Å². The number of rotatable bonds is 3. The van der Waals surface area contributed by atoms with Crippen LogP contribution in [-0.2, 0) is 6.42 Å². The van der Waals surface area contributed by atoms with Gasteiger partial charge in [-0.15, -0.1) is 0 Å². The molecule has 17 heavy (non-hydrogen) atoms. The molecule has 1 saturated carbocycles. The monoisotopic (exact) mass is 233 g/mol. The quantitative estimate of drug-likeness (QED) is 0.842. The van der Waals surface area contributed by atoms with Gasteiger partial charge in [-0.2, -0.15) is 0 Å². The Morgan fingerprint density at radius 3 is 2.35 bits per heavy atom. The molecule has 2 heteroatoms. The first-order valence-corrected chi connectivity index (χ1v) is 6.68. The topological polar surface area (TPSA) is 46.2 Å². The van der Waals surface area contributed by atoms with E-state index in [1.807, 2.05) is 12.1 Å². The highest BCUT2D eigenvalue weighted by Crippen LogP contribution is 2.34. The third-order valence-electron chi connectivity index (χ3n) is 4.17. The van der Waals surface area contributed by atoms with Gasteiger partial charge in [-0.1, -0.05) is 25.5 Å². The molecule has 1 aliphatic rings. The molecule has 0 atom stereocenters. The Bertz CT molecular complexity index is 350. The molecule has 3 N–H and O–H groups in total.